The van der Waals surface area contributed by atoms with Gasteiger partial charge in [-0.05, 0) is 61.9 Å². The summed E-state index contributed by atoms with van der Waals surface area (Å²) >= 11 is 0. The van der Waals surface area contributed by atoms with E-state index in [1.54, 1.807) is 29.8 Å². The standard InChI is InChI=1S/C27H24F2N2O3/c1-4-7-17-9-12-23-21(14-17)24(20-8-6-13-30-26(20)33-3)25(27(32)34-5-2)31(23)16-18-15-19(28)10-11-22(18)29/h4,6-15H,5,16H2,1-3H3. The molecule has 0 saturated heterocycles. The first-order chi connectivity index (χ1) is 16.5. The molecule has 174 valence electrons. The van der Waals surface area contributed by atoms with Crippen molar-refractivity contribution in [1.29, 1.82) is 0 Å². The molecule has 2 aromatic heterocycles. The van der Waals surface area contributed by atoms with E-state index in [-0.39, 0.29) is 24.4 Å². The van der Waals surface area contributed by atoms with Gasteiger partial charge in [-0.15, -0.1) is 0 Å². The first kappa shape index (κ1) is 23.2. The third-order valence-electron chi connectivity index (χ3n) is 5.49. The highest BCUT2D eigenvalue weighted by Crippen LogP contribution is 2.40. The van der Waals surface area contributed by atoms with Gasteiger partial charge in [0.25, 0.3) is 0 Å². The molecule has 0 fully saturated rings. The van der Waals surface area contributed by atoms with E-state index >= 15 is 0 Å². The molecule has 7 heteroatoms. The van der Waals surface area contributed by atoms with Crippen LogP contribution in [0.4, 0.5) is 8.78 Å². The number of pyridine rings is 1. The number of ether oxygens (including phenoxy) is 2. The molecule has 0 aliphatic heterocycles. The van der Waals surface area contributed by atoms with Crippen LogP contribution in [0, 0.1) is 11.6 Å². The maximum atomic E-state index is 14.6. The van der Waals surface area contributed by atoms with Gasteiger partial charge in [0.05, 0.1) is 20.3 Å². The van der Waals surface area contributed by atoms with Crippen LogP contribution in [0.5, 0.6) is 5.88 Å². The molecule has 0 amide bonds. The molecule has 0 aliphatic rings. The summed E-state index contributed by atoms with van der Waals surface area (Å²) < 4.78 is 41.1. The molecule has 0 spiro atoms. The molecule has 34 heavy (non-hydrogen) atoms. The number of allylic oxidation sites excluding steroid dienone is 1. The van der Waals surface area contributed by atoms with E-state index < -0.39 is 17.6 Å². The molecule has 2 heterocycles. The van der Waals surface area contributed by atoms with Gasteiger partial charge in [0.15, 0.2) is 0 Å². The van der Waals surface area contributed by atoms with Gasteiger partial charge in [0.1, 0.15) is 17.3 Å². The Bertz CT molecular complexity index is 1390. The number of carbonyl (C=O) groups excluding carboxylic acids is 1. The molecular formula is C27H24F2N2O3. The number of methoxy groups -OCH3 is 1. The minimum Gasteiger partial charge on any atom is -0.481 e. The van der Waals surface area contributed by atoms with E-state index in [0.717, 1.165) is 29.1 Å². The van der Waals surface area contributed by atoms with Gasteiger partial charge < -0.3 is 14.0 Å². The average molecular weight is 462 g/mol. The SMILES string of the molecule is CC=Cc1ccc2c(c1)c(-c1cccnc1OC)c(C(=O)OCC)n2Cc1cc(F)ccc1F. The van der Waals surface area contributed by atoms with Crippen molar-refractivity contribution in [3.63, 3.8) is 0 Å². The number of benzene rings is 2. The van der Waals surface area contributed by atoms with Gasteiger partial charge in [-0.25, -0.2) is 18.6 Å². The molecule has 0 atom stereocenters. The number of aromatic nitrogens is 2. The van der Waals surface area contributed by atoms with Crippen molar-refractivity contribution in [2.45, 2.75) is 20.4 Å². The summed E-state index contributed by atoms with van der Waals surface area (Å²) in [6.45, 7) is 3.71. The van der Waals surface area contributed by atoms with Crippen LogP contribution in [0.2, 0.25) is 0 Å². The Morgan fingerprint density at radius 3 is 2.71 bits per heavy atom. The molecule has 5 nitrogen and oxygen atoms in total. The zero-order chi connectivity index (χ0) is 24.2. The summed E-state index contributed by atoms with van der Waals surface area (Å²) in [6.07, 6.45) is 5.45. The third-order valence-corrected chi connectivity index (χ3v) is 5.49. The maximum absolute atomic E-state index is 14.6. The van der Waals surface area contributed by atoms with Crippen LogP contribution in [0.1, 0.15) is 35.5 Å². The Labute approximate surface area is 196 Å². The number of halogens is 2. The molecule has 0 radical (unpaired) electrons. The fourth-order valence-corrected chi connectivity index (χ4v) is 4.10. The average Bonchev–Trinajstić information content (AvgIpc) is 3.15. The number of fused-ring (bicyclic) bond motifs is 1. The minimum absolute atomic E-state index is 0.0697. The second-order valence-corrected chi connectivity index (χ2v) is 7.60. The van der Waals surface area contributed by atoms with Gasteiger partial charge >= 0.3 is 5.97 Å². The van der Waals surface area contributed by atoms with Crippen molar-refractivity contribution in [1.82, 2.24) is 9.55 Å². The highest BCUT2D eigenvalue weighted by Gasteiger charge is 2.28. The Morgan fingerprint density at radius 2 is 1.97 bits per heavy atom. The predicted molar refractivity (Wildman–Crippen MR) is 128 cm³/mol. The van der Waals surface area contributed by atoms with E-state index in [9.17, 15) is 13.6 Å². The van der Waals surface area contributed by atoms with E-state index in [2.05, 4.69) is 4.98 Å². The lowest BCUT2D eigenvalue weighted by Gasteiger charge is -2.13. The van der Waals surface area contributed by atoms with Gasteiger partial charge in [-0.1, -0.05) is 18.2 Å². The number of hydrogen-bond acceptors (Lipinski definition) is 4. The lowest BCUT2D eigenvalue weighted by atomic mass is 10.0. The molecule has 2 aromatic carbocycles. The molecule has 0 saturated carbocycles. The Hall–Kier alpha value is -4.00. The first-order valence-corrected chi connectivity index (χ1v) is 10.9. The number of nitrogens with zero attached hydrogens (tertiary/aromatic N) is 2. The van der Waals surface area contributed by atoms with E-state index in [0.29, 0.717) is 22.5 Å². The second-order valence-electron chi connectivity index (χ2n) is 7.60. The topological polar surface area (TPSA) is 53.4 Å². The number of esters is 1. The lowest BCUT2D eigenvalue weighted by molar-refractivity contribution is 0.0516. The molecule has 0 N–H and O–H groups in total. The fraction of sp³-hybridized carbons (Fsp3) is 0.185. The van der Waals surface area contributed by atoms with Crippen LogP contribution < -0.4 is 4.74 Å². The zero-order valence-corrected chi connectivity index (χ0v) is 19.1. The number of hydrogen-bond donors (Lipinski definition) is 0. The Kier molecular flexibility index (Phi) is 6.72. The Morgan fingerprint density at radius 1 is 1.15 bits per heavy atom. The molecule has 0 unspecified atom stereocenters. The highest BCUT2D eigenvalue weighted by molar-refractivity contribution is 6.10. The second kappa shape index (κ2) is 9.87. The van der Waals surface area contributed by atoms with Crippen LogP contribution in [0.25, 0.3) is 28.1 Å². The summed E-state index contributed by atoms with van der Waals surface area (Å²) in [5, 5.41) is 0.738. The number of rotatable bonds is 7. The highest BCUT2D eigenvalue weighted by atomic mass is 19.1. The van der Waals surface area contributed by atoms with Crippen LogP contribution in [-0.2, 0) is 11.3 Å². The normalized spacial score (nSPS) is 11.3. The van der Waals surface area contributed by atoms with Crippen molar-refractivity contribution in [2.24, 2.45) is 0 Å². The van der Waals surface area contributed by atoms with Crippen LogP contribution in [-0.4, -0.2) is 29.2 Å². The van der Waals surface area contributed by atoms with Crippen molar-refractivity contribution in [3.8, 4) is 17.0 Å². The fourth-order valence-electron chi connectivity index (χ4n) is 4.10. The molecule has 0 bridgehead atoms. The van der Waals surface area contributed by atoms with Gasteiger partial charge in [0.2, 0.25) is 5.88 Å². The molecule has 4 aromatic rings. The molecule has 4 rings (SSSR count). The van der Waals surface area contributed by atoms with Crippen LogP contribution >= 0.6 is 0 Å². The smallest absolute Gasteiger partial charge is 0.355 e. The van der Waals surface area contributed by atoms with Gasteiger partial charge in [-0.3, -0.25) is 0 Å². The van der Waals surface area contributed by atoms with Gasteiger partial charge in [-0.2, -0.15) is 0 Å². The molecule has 0 aliphatic carbocycles. The van der Waals surface area contributed by atoms with Crippen molar-refractivity contribution in [2.75, 3.05) is 13.7 Å². The van der Waals surface area contributed by atoms with Crippen LogP contribution in [0.15, 0.2) is 60.8 Å². The van der Waals surface area contributed by atoms with Crippen molar-refractivity contribution in [3.05, 3.63) is 89.3 Å². The predicted octanol–water partition coefficient (Wildman–Crippen LogP) is 6.25. The maximum Gasteiger partial charge on any atom is 0.355 e. The molecular weight excluding hydrogens is 438 g/mol. The zero-order valence-electron chi connectivity index (χ0n) is 19.1. The summed E-state index contributed by atoms with van der Waals surface area (Å²) in [5.41, 5.74) is 3.06. The quantitative estimate of drug-likeness (QED) is 0.305. The minimum atomic E-state index is -0.580. The summed E-state index contributed by atoms with van der Waals surface area (Å²) in [5.74, 6) is -1.37. The first-order valence-electron chi connectivity index (χ1n) is 10.9. The summed E-state index contributed by atoms with van der Waals surface area (Å²) in [4.78, 5) is 17.6. The third kappa shape index (κ3) is 4.29. The van der Waals surface area contributed by atoms with E-state index in [4.69, 9.17) is 9.47 Å². The largest absolute Gasteiger partial charge is 0.481 e. The van der Waals surface area contributed by atoms with Crippen molar-refractivity contribution >= 4 is 22.9 Å². The van der Waals surface area contributed by atoms with Crippen molar-refractivity contribution < 1.29 is 23.0 Å². The summed E-state index contributed by atoms with van der Waals surface area (Å²) in [6, 6.07) is 12.5. The van der Waals surface area contributed by atoms with E-state index in [1.807, 2.05) is 37.3 Å². The number of carbonyl (C=O) groups is 1. The van der Waals surface area contributed by atoms with E-state index in [1.165, 1.54) is 7.11 Å². The summed E-state index contributed by atoms with van der Waals surface area (Å²) in [7, 11) is 1.50. The van der Waals surface area contributed by atoms with Gasteiger partial charge in [0, 0.05) is 33.8 Å². The monoisotopic (exact) mass is 462 g/mol. The van der Waals surface area contributed by atoms with Crippen LogP contribution in [0.3, 0.4) is 0 Å². The lowest BCUT2D eigenvalue weighted by Crippen LogP contribution is -2.15. The Balaban J connectivity index is 2.10.